The molecule has 2 aliphatic carbocycles. The highest BCUT2D eigenvalue weighted by molar-refractivity contribution is 7.91. The second kappa shape index (κ2) is 16.6. The van der Waals surface area contributed by atoms with Crippen molar-refractivity contribution < 1.29 is 46.2 Å². The van der Waals surface area contributed by atoms with Crippen LogP contribution in [0.2, 0.25) is 0 Å². The molecule has 0 radical (unpaired) electrons. The Morgan fingerprint density at radius 3 is 2.43 bits per heavy atom. The molecule has 14 nitrogen and oxygen atoms in total. The average molecular weight is 862 g/mol. The maximum absolute atomic E-state index is 15.0. The van der Waals surface area contributed by atoms with Gasteiger partial charge in [0, 0.05) is 23.3 Å². The molecule has 0 unspecified atom stereocenters. The van der Waals surface area contributed by atoms with E-state index in [1.165, 1.54) is 17.0 Å². The minimum Gasteiger partial charge on any atom is -0.497 e. The lowest BCUT2D eigenvalue weighted by molar-refractivity contribution is -0.142. The summed E-state index contributed by atoms with van der Waals surface area (Å²) in [5.74, 6) is -2.42. The summed E-state index contributed by atoms with van der Waals surface area (Å²) < 4.78 is 59.4. The van der Waals surface area contributed by atoms with Gasteiger partial charge < -0.3 is 29.7 Å². The van der Waals surface area contributed by atoms with Crippen LogP contribution in [0.3, 0.4) is 0 Å². The molecule has 0 bridgehead atoms. The van der Waals surface area contributed by atoms with Crippen LogP contribution in [0, 0.1) is 23.6 Å². The summed E-state index contributed by atoms with van der Waals surface area (Å²) in [7, 11) is -2.49. The predicted octanol–water partition coefficient (Wildman–Crippen LogP) is 6.18. The van der Waals surface area contributed by atoms with Gasteiger partial charge >= 0.3 is 6.09 Å². The van der Waals surface area contributed by atoms with Crippen molar-refractivity contribution >= 4 is 44.6 Å². The quantitative estimate of drug-likeness (QED) is 0.222. The van der Waals surface area contributed by atoms with Crippen LogP contribution in [-0.4, -0.2) is 89.8 Å². The molecule has 7 atom stereocenters. The van der Waals surface area contributed by atoms with Crippen molar-refractivity contribution in [2.45, 2.75) is 121 Å². The van der Waals surface area contributed by atoms with Gasteiger partial charge in [0.05, 0.1) is 24.1 Å². The number of hydrogen-bond acceptors (Lipinski definition) is 10. The van der Waals surface area contributed by atoms with Gasteiger partial charge in [-0.1, -0.05) is 26.0 Å². The van der Waals surface area contributed by atoms with E-state index in [1.54, 1.807) is 59.1 Å². The Kier molecular flexibility index (Phi) is 11.9. The fraction of sp³-hybridized carbons (Fsp3) is 0.533. The van der Waals surface area contributed by atoms with Gasteiger partial charge in [0.1, 0.15) is 40.9 Å². The largest absolute Gasteiger partial charge is 0.497 e. The molecule has 3 aromatic rings. The van der Waals surface area contributed by atoms with E-state index in [2.05, 4.69) is 22.3 Å². The molecule has 3 heterocycles. The maximum Gasteiger partial charge on any atom is 0.408 e. The number of carbonyl (C=O) groups is 4. The van der Waals surface area contributed by atoms with Crippen LogP contribution in [0.5, 0.6) is 11.6 Å². The maximum atomic E-state index is 15.0. The molecule has 2 saturated carbocycles. The Labute approximate surface area is 356 Å². The second-order valence-electron chi connectivity index (χ2n) is 18.5. The van der Waals surface area contributed by atoms with Crippen molar-refractivity contribution in [3.63, 3.8) is 0 Å². The number of benzene rings is 2. The number of pyridine rings is 1. The van der Waals surface area contributed by atoms with Crippen LogP contribution in [-0.2, 0) is 29.1 Å². The lowest BCUT2D eigenvalue weighted by atomic mass is 9.88. The fourth-order valence-electron chi connectivity index (χ4n) is 8.38. The molecule has 1 aromatic heterocycles. The molecular weight excluding hydrogens is 806 g/mol. The molecule has 4 aliphatic rings. The number of fused-ring (bicyclic) bond motifs is 3. The summed E-state index contributed by atoms with van der Waals surface area (Å²) >= 11 is 0. The number of allylic oxidation sites excluding steroid dienone is 1. The van der Waals surface area contributed by atoms with Crippen molar-refractivity contribution in [3.05, 3.63) is 66.5 Å². The van der Waals surface area contributed by atoms with Crippen LogP contribution >= 0.6 is 0 Å². The number of ether oxygens (including phenoxy) is 3. The number of halogens is 1. The van der Waals surface area contributed by atoms with E-state index < -0.39 is 79.6 Å². The van der Waals surface area contributed by atoms with Crippen molar-refractivity contribution in [1.82, 2.24) is 25.2 Å². The Morgan fingerprint density at radius 2 is 1.75 bits per heavy atom. The van der Waals surface area contributed by atoms with Gasteiger partial charge in [-0.2, -0.15) is 0 Å². The third-order valence-electron chi connectivity index (χ3n) is 12.3. The first-order valence-corrected chi connectivity index (χ1v) is 22.5. The highest BCUT2D eigenvalue weighted by Gasteiger charge is 2.63. The Morgan fingerprint density at radius 1 is 1.03 bits per heavy atom. The summed E-state index contributed by atoms with van der Waals surface area (Å²) in [4.78, 5) is 63.3. The third kappa shape index (κ3) is 9.48. The number of methoxy groups -OCH3 is 1. The number of nitrogens with one attached hydrogen (secondary N) is 3. The first kappa shape index (κ1) is 43.8. The molecule has 1 saturated heterocycles. The van der Waals surface area contributed by atoms with Crippen LogP contribution in [0.15, 0.2) is 60.7 Å². The fourth-order valence-corrected chi connectivity index (χ4v) is 9.69. The van der Waals surface area contributed by atoms with Gasteiger partial charge in [0.15, 0.2) is 0 Å². The zero-order valence-corrected chi connectivity index (χ0v) is 36.6. The number of aromatic nitrogens is 1. The number of rotatable bonds is 8. The standard InChI is InChI=1S/C45H56FN5O9S/c1-26-10-8-9-11-30-24-45(30,41(54)50-61(56,57)44(6)18-19-44)49-38(52)36-23-33(25-51(36)40(53)37(27(2)20-26)48-42(55)60-43(3,4)5)59-39-34-17-16-32(58-7)21-29(34)22-35(47-39)28-12-14-31(46)15-13-28/h9,11-17,21-22,26-27,30,33,36-37H,8,10,18-20,23-25H2,1-7H3,(H,48,55)(H,49,52)(H,50,54)/b11-9-/t26-,27-,30-,33-,36+,37+,45-/m1/s1. The zero-order chi connectivity index (χ0) is 44.1. The first-order chi connectivity index (χ1) is 28.7. The molecule has 7 rings (SSSR count). The molecule has 328 valence electrons. The number of sulfonamides is 1. The van der Waals surface area contributed by atoms with E-state index in [0.29, 0.717) is 53.5 Å². The van der Waals surface area contributed by atoms with Crippen molar-refractivity contribution in [3.8, 4) is 22.9 Å². The van der Waals surface area contributed by atoms with Crippen LogP contribution in [0.1, 0.15) is 86.5 Å². The van der Waals surface area contributed by atoms with Gasteiger partial charge in [-0.25, -0.2) is 22.6 Å². The van der Waals surface area contributed by atoms with Crippen LogP contribution < -0.4 is 24.8 Å². The number of nitrogens with zero attached hydrogens (tertiary/aromatic N) is 2. The lowest BCUT2D eigenvalue weighted by Crippen LogP contribution is -2.59. The highest BCUT2D eigenvalue weighted by atomic mass is 32.2. The van der Waals surface area contributed by atoms with E-state index in [-0.39, 0.29) is 37.1 Å². The first-order valence-electron chi connectivity index (χ1n) is 21.0. The molecule has 4 amide bonds. The Bertz CT molecular complexity index is 2350. The molecule has 16 heteroatoms. The van der Waals surface area contributed by atoms with Gasteiger partial charge in [0.2, 0.25) is 27.7 Å². The van der Waals surface area contributed by atoms with Gasteiger partial charge in [-0.3, -0.25) is 19.1 Å². The van der Waals surface area contributed by atoms with Crippen LogP contribution in [0.4, 0.5) is 9.18 Å². The zero-order valence-electron chi connectivity index (χ0n) is 35.7. The van der Waals surface area contributed by atoms with E-state index >= 15 is 0 Å². The van der Waals surface area contributed by atoms with Gasteiger partial charge in [-0.15, -0.1) is 0 Å². The van der Waals surface area contributed by atoms with Crippen molar-refractivity contribution in [2.75, 3.05) is 13.7 Å². The Hall–Kier alpha value is -5.25. The minimum atomic E-state index is -4.04. The van der Waals surface area contributed by atoms with Gasteiger partial charge in [-0.05, 0) is 132 Å². The molecule has 2 aliphatic heterocycles. The van der Waals surface area contributed by atoms with Crippen LogP contribution in [0.25, 0.3) is 22.0 Å². The molecule has 2 aromatic carbocycles. The summed E-state index contributed by atoms with van der Waals surface area (Å²) in [6.45, 7) is 10.6. The minimum absolute atomic E-state index is 0.0316. The smallest absolute Gasteiger partial charge is 0.408 e. The van der Waals surface area contributed by atoms with E-state index in [1.807, 2.05) is 31.2 Å². The molecule has 61 heavy (non-hydrogen) atoms. The third-order valence-corrected chi connectivity index (χ3v) is 14.5. The summed E-state index contributed by atoms with van der Waals surface area (Å²) in [6.07, 6.45) is 5.12. The monoisotopic (exact) mass is 861 g/mol. The van der Waals surface area contributed by atoms with E-state index in [4.69, 9.17) is 19.2 Å². The topological polar surface area (TPSA) is 182 Å². The summed E-state index contributed by atoms with van der Waals surface area (Å²) in [6, 6.07) is 10.8. The number of hydrogen-bond donors (Lipinski definition) is 3. The molecule has 3 N–H and O–H groups in total. The number of alkyl carbamates (subject to hydrolysis) is 1. The number of carbonyl (C=O) groups excluding carboxylic acids is 4. The SMILES string of the molecule is COc1ccc2c(O[C@@H]3C[C@H]4C(=O)N[C@]5(C(=O)NS(=O)(=O)C6(C)CC6)C[C@H]5/C=C\CC[C@@H](C)C[C@@H](C)[C@H](NC(=O)OC(C)(C)C)C(=O)N4C3)nc(-c3ccc(F)cc3)cc2c1. The molecular formula is C45H56FN5O9S. The molecule has 0 spiro atoms. The predicted molar refractivity (Wildman–Crippen MR) is 226 cm³/mol. The average Bonchev–Trinajstić information content (AvgIpc) is 4.07. The lowest BCUT2D eigenvalue weighted by Gasteiger charge is -2.33. The summed E-state index contributed by atoms with van der Waals surface area (Å²) in [5, 5.41) is 7.05. The molecule has 3 fully saturated rings. The normalized spacial score (nSPS) is 28.2. The van der Waals surface area contributed by atoms with Gasteiger partial charge in [0.25, 0.3) is 5.91 Å². The van der Waals surface area contributed by atoms with E-state index in [0.717, 1.165) is 6.42 Å². The Balaban J connectivity index is 1.26. The van der Waals surface area contributed by atoms with Crippen molar-refractivity contribution in [2.24, 2.45) is 17.8 Å². The van der Waals surface area contributed by atoms with E-state index in [9.17, 15) is 32.0 Å². The number of amides is 4. The second-order valence-corrected chi connectivity index (χ2v) is 20.7. The van der Waals surface area contributed by atoms with Crippen molar-refractivity contribution in [1.29, 1.82) is 0 Å². The highest BCUT2D eigenvalue weighted by Crippen LogP contribution is 2.48. The summed E-state index contributed by atoms with van der Waals surface area (Å²) in [5.41, 5.74) is -1.32.